The number of rotatable bonds is 5. The van der Waals surface area contributed by atoms with Crippen LogP contribution in [0, 0.1) is 5.92 Å². The van der Waals surface area contributed by atoms with Gasteiger partial charge in [-0.3, -0.25) is 0 Å². The van der Waals surface area contributed by atoms with Crippen LogP contribution in [-0.4, -0.2) is 8.42 Å². The van der Waals surface area contributed by atoms with Crippen molar-refractivity contribution in [1.82, 2.24) is 4.72 Å². The van der Waals surface area contributed by atoms with E-state index < -0.39 is 10.0 Å². The predicted octanol–water partition coefficient (Wildman–Crippen LogP) is 4.12. The second-order valence-corrected chi connectivity index (χ2v) is 7.72. The summed E-state index contributed by atoms with van der Waals surface area (Å²) in [6.45, 7) is 4.00. The second-order valence-electron chi connectivity index (χ2n) is 5.18. The first-order valence-corrected chi connectivity index (χ1v) is 9.01. The molecule has 1 atom stereocenters. The van der Waals surface area contributed by atoms with Crippen LogP contribution in [0.4, 0.5) is 0 Å². The topological polar surface area (TPSA) is 46.2 Å². The lowest BCUT2D eigenvalue weighted by atomic mass is 9.97. The van der Waals surface area contributed by atoms with Crippen LogP contribution in [-0.2, 0) is 10.0 Å². The minimum Gasteiger partial charge on any atom is -0.207 e. The van der Waals surface area contributed by atoms with Crippen LogP contribution in [0.1, 0.15) is 25.5 Å². The lowest BCUT2D eigenvalue weighted by Gasteiger charge is -2.23. The zero-order chi connectivity index (χ0) is 15.5. The van der Waals surface area contributed by atoms with E-state index in [1.165, 1.54) is 0 Å². The summed E-state index contributed by atoms with van der Waals surface area (Å²) in [5, 5.41) is 0. The minimum atomic E-state index is -3.58. The number of hydrogen-bond donors (Lipinski definition) is 1. The van der Waals surface area contributed by atoms with Gasteiger partial charge in [0.25, 0.3) is 0 Å². The van der Waals surface area contributed by atoms with Gasteiger partial charge in [-0.25, -0.2) is 13.1 Å². The van der Waals surface area contributed by atoms with Crippen molar-refractivity contribution in [2.75, 3.05) is 0 Å². The Kier molecular flexibility index (Phi) is 5.19. The first-order valence-electron chi connectivity index (χ1n) is 6.73. The van der Waals surface area contributed by atoms with E-state index in [9.17, 15) is 8.42 Å². The Balaban J connectivity index is 2.36. The Morgan fingerprint density at radius 1 is 0.952 bits per heavy atom. The number of nitrogens with one attached hydrogen (secondary N) is 1. The summed E-state index contributed by atoms with van der Waals surface area (Å²) >= 11 is 3.30. The van der Waals surface area contributed by atoms with Gasteiger partial charge in [-0.1, -0.05) is 56.3 Å². The van der Waals surface area contributed by atoms with Gasteiger partial charge in [0.05, 0.1) is 4.90 Å². The van der Waals surface area contributed by atoms with E-state index >= 15 is 0 Å². The number of halogens is 1. The average molecular weight is 368 g/mol. The van der Waals surface area contributed by atoms with Crippen molar-refractivity contribution < 1.29 is 8.42 Å². The summed E-state index contributed by atoms with van der Waals surface area (Å²) in [5.74, 6) is 0.143. The molecular weight excluding hydrogens is 350 g/mol. The van der Waals surface area contributed by atoms with Crippen LogP contribution in [0.25, 0.3) is 0 Å². The zero-order valence-electron chi connectivity index (χ0n) is 12.0. The summed E-state index contributed by atoms with van der Waals surface area (Å²) < 4.78 is 28.6. The van der Waals surface area contributed by atoms with Crippen LogP contribution < -0.4 is 4.72 Å². The SMILES string of the molecule is CC(C)C(NS(=O)(=O)c1ccccc1Br)c1ccccc1. The van der Waals surface area contributed by atoms with Gasteiger partial charge in [0.1, 0.15) is 0 Å². The molecule has 0 aromatic heterocycles. The molecule has 1 unspecified atom stereocenters. The van der Waals surface area contributed by atoms with Gasteiger partial charge in [-0.15, -0.1) is 0 Å². The van der Waals surface area contributed by atoms with Crippen LogP contribution in [0.15, 0.2) is 64.0 Å². The van der Waals surface area contributed by atoms with E-state index in [1.54, 1.807) is 24.3 Å². The van der Waals surface area contributed by atoms with Crippen molar-refractivity contribution in [3.63, 3.8) is 0 Å². The highest BCUT2D eigenvalue weighted by atomic mass is 79.9. The summed E-state index contributed by atoms with van der Waals surface area (Å²) in [5.41, 5.74) is 0.961. The lowest BCUT2D eigenvalue weighted by molar-refractivity contribution is 0.463. The molecule has 1 N–H and O–H groups in total. The van der Waals surface area contributed by atoms with Crippen LogP contribution >= 0.6 is 15.9 Å². The van der Waals surface area contributed by atoms with Crippen molar-refractivity contribution in [3.05, 3.63) is 64.6 Å². The molecule has 2 rings (SSSR count). The maximum absolute atomic E-state index is 12.6. The summed E-state index contributed by atoms with van der Waals surface area (Å²) in [4.78, 5) is 0.256. The second kappa shape index (κ2) is 6.73. The fraction of sp³-hybridized carbons (Fsp3) is 0.250. The third-order valence-electron chi connectivity index (χ3n) is 3.23. The Bertz CT molecular complexity index is 699. The molecule has 2 aromatic rings. The maximum atomic E-state index is 12.6. The van der Waals surface area contributed by atoms with Crippen LogP contribution in [0.2, 0.25) is 0 Å². The van der Waals surface area contributed by atoms with E-state index in [0.717, 1.165) is 5.56 Å². The van der Waals surface area contributed by atoms with E-state index in [2.05, 4.69) is 20.7 Å². The first kappa shape index (κ1) is 16.2. The van der Waals surface area contributed by atoms with E-state index in [1.807, 2.05) is 44.2 Å². The highest BCUT2D eigenvalue weighted by Gasteiger charge is 2.25. The number of benzene rings is 2. The fourth-order valence-corrected chi connectivity index (χ4v) is 4.52. The van der Waals surface area contributed by atoms with Gasteiger partial charge >= 0.3 is 0 Å². The molecule has 21 heavy (non-hydrogen) atoms. The quantitative estimate of drug-likeness (QED) is 0.863. The van der Waals surface area contributed by atoms with Gasteiger partial charge in [0.15, 0.2) is 0 Å². The van der Waals surface area contributed by atoms with Crippen LogP contribution in [0.3, 0.4) is 0 Å². The molecule has 0 heterocycles. The Hall–Kier alpha value is -1.17. The predicted molar refractivity (Wildman–Crippen MR) is 88.5 cm³/mol. The molecule has 2 aromatic carbocycles. The highest BCUT2D eigenvalue weighted by Crippen LogP contribution is 2.27. The molecule has 0 spiro atoms. The number of hydrogen-bond acceptors (Lipinski definition) is 2. The van der Waals surface area contributed by atoms with Crippen molar-refractivity contribution in [1.29, 1.82) is 0 Å². The van der Waals surface area contributed by atoms with Gasteiger partial charge in [0.2, 0.25) is 10.0 Å². The summed E-state index contributed by atoms with van der Waals surface area (Å²) in [7, 11) is -3.58. The van der Waals surface area contributed by atoms with E-state index in [-0.39, 0.29) is 16.9 Å². The van der Waals surface area contributed by atoms with Crippen molar-refractivity contribution in [2.24, 2.45) is 5.92 Å². The summed E-state index contributed by atoms with van der Waals surface area (Å²) in [6, 6.07) is 16.2. The van der Waals surface area contributed by atoms with Crippen LogP contribution in [0.5, 0.6) is 0 Å². The summed E-state index contributed by atoms with van der Waals surface area (Å²) in [6.07, 6.45) is 0. The largest absolute Gasteiger partial charge is 0.242 e. The third kappa shape index (κ3) is 3.93. The Labute approximate surface area is 134 Å². The molecule has 0 bridgehead atoms. The molecule has 0 fully saturated rings. The Morgan fingerprint density at radius 2 is 1.52 bits per heavy atom. The van der Waals surface area contributed by atoms with Gasteiger partial charge in [0, 0.05) is 10.5 Å². The molecule has 0 saturated carbocycles. The monoisotopic (exact) mass is 367 g/mol. The molecule has 0 amide bonds. The molecule has 112 valence electrons. The number of sulfonamides is 1. The molecule has 3 nitrogen and oxygen atoms in total. The molecule has 0 radical (unpaired) electrons. The standard InChI is InChI=1S/C16H18BrNO2S/c1-12(2)16(13-8-4-3-5-9-13)18-21(19,20)15-11-7-6-10-14(15)17/h3-12,16,18H,1-2H3. The van der Waals surface area contributed by atoms with Crippen molar-refractivity contribution >= 4 is 26.0 Å². The Morgan fingerprint density at radius 3 is 2.10 bits per heavy atom. The molecule has 0 aliphatic heterocycles. The van der Waals surface area contributed by atoms with Gasteiger partial charge in [-0.05, 0) is 39.5 Å². The smallest absolute Gasteiger partial charge is 0.207 e. The fourth-order valence-electron chi connectivity index (χ4n) is 2.14. The zero-order valence-corrected chi connectivity index (χ0v) is 14.4. The first-order chi connectivity index (χ1) is 9.92. The van der Waals surface area contributed by atoms with Crippen molar-refractivity contribution in [2.45, 2.75) is 24.8 Å². The van der Waals surface area contributed by atoms with Gasteiger partial charge < -0.3 is 0 Å². The molecule has 0 aliphatic rings. The molecule has 5 heteroatoms. The lowest BCUT2D eigenvalue weighted by Crippen LogP contribution is -2.32. The maximum Gasteiger partial charge on any atom is 0.242 e. The minimum absolute atomic E-state index is 0.143. The van der Waals surface area contributed by atoms with Gasteiger partial charge in [-0.2, -0.15) is 0 Å². The van der Waals surface area contributed by atoms with E-state index in [4.69, 9.17) is 0 Å². The molecular formula is C16H18BrNO2S. The molecule has 0 aliphatic carbocycles. The molecule has 0 saturated heterocycles. The van der Waals surface area contributed by atoms with Crippen molar-refractivity contribution in [3.8, 4) is 0 Å². The normalized spacial score (nSPS) is 13.3. The average Bonchev–Trinajstić information content (AvgIpc) is 2.46. The van der Waals surface area contributed by atoms with E-state index in [0.29, 0.717) is 4.47 Å². The third-order valence-corrected chi connectivity index (χ3v) is 5.69. The highest BCUT2D eigenvalue weighted by molar-refractivity contribution is 9.10.